The van der Waals surface area contributed by atoms with Gasteiger partial charge in [-0.15, -0.1) is 0 Å². The zero-order valence-corrected chi connectivity index (χ0v) is 14.6. The zero-order chi connectivity index (χ0) is 18.1. The molecule has 1 amide bonds. The van der Waals surface area contributed by atoms with E-state index in [9.17, 15) is 19.2 Å². The highest BCUT2D eigenvalue weighted by Gasteiger charge is 2.26. The number of carboxylic acids is 1. The summed E-state index contributed by atoms with van der Waals surface area (Å²) in [6.45, 7) is 2.62. The summed E-state index contributed by atoms with van der Waals surface area (Å²) in [7, 11) is 0. The van der Waals surface area contributed by atoms with Crippen molar-refractivity contribution in [3.8, 4) is 0 Å². The van der Waals surface area contributed by atoms with Gasteiger partial charge in [-0.2, -0.15) is 0 Å². The Labute approximate surface area is 144 Å². The second-order valence-electron chi connectivity index (χ2n) is 5.61. The molecular formula is C15H23NO7S. The molecule has 0 radical (unpaired) electrons. The van der Waals surface area contributed by atoms with Crippen molar-refractivity contribution >= 4 is 34.9 Å². The highest BCUT2D eigenvalue weighted by Crippen LogP contribution is 2.25. The Balaban J connectivity index is 2.33. The van der Waals surface area contributed by atoms with E-state index < -0.39 is 29.5 Å². The average molecular weight is 361 g/mol. The molecule has 0 aromatic carbocycles. The van der Waals surface area contributed by atoms with Gasteiger partial charge in [0.1, 0.15) is 6.04 Å². The third kappa shape index (κ3) is 7.67. The van der Waals surface area contributed by atoms with Crippen LogP contribution in [0.3, 0.4) is 0 Å². The lowest BCUT2D eigenvalue weighted by Gasteiger charge is -2.22. The summed E-state index contributed by atoms with van der Waals surface area (Å²) in [5, 5.41) is 10.4. The van der Waals surface area contributed by atoms with E-state index in [0.717, 1.165) is 32.1 Å². The second-order valence-corrected chi connectivity index (χ2v) is 6.56. The van der Waals surface area contributed by atoms with Crippen LogP contribution in [0, 0.1) is 5.92 Å². The molecule has 0 saturated heterocycles. The molecule has 1 aliphatic carbocycles. The Bertz CT molecular complexity index is 476. The topological polar surface area (TPSA) is 119 Å². The molecule has 0 aromatic rings. The van der Waals surface area contributed by atoms with Crippen LogP contribution in [-0.4, -0.2) is 46.3 Å². The quantitative estimate of drug-likeness (QED) is 0.521. The summed E-state index contributed by atoms with van der Waals surface area (Å²) in [5.41, 5.74) is 0. The van der Waals surface area contributed by atoms with E-state index >= 15 is 0 Å². The van der Waals surface area contributed by atoms with Crippen molar-refractivity contribution in [3.05, 3.63) is 0 Å². The number of carbonyl (C=O) groups is 4. The molecule has 1 rings (SSSR count). The van der Waals surface area contributed by atoms with Crippen LogP contribution in [0.5, 0.6) is 0 Å². The van der Waals surface area contributed by atoms with Crippen LogP contribution < -0.4 is 5.32 Å². The molecule has 24 heavy (non-hydrogen) atoms. The van der Waals surface area contributed by atoms with E-state index in [1.54, 1.807) is 0 Å². The fourth-order valence-corrected chi connectivity index (χ4v) is 3.10. The number of esters is 1. The molecule has 1 aliphatic rings. The first-order chi connectivity index (χ1) is 11.3. The first-order valence-corrected chi connectivity index (χ1v) is 8.82. The molecule has 0 bridgehead atoms. The molecule has 0 heterocycles. The highest BCUT2D eigenvalue weighted by atomic mass is 32.2. The lowest BCUT2D eigenvalue weighted by Crippen LogP contribution is -2.41. The number of rotatable bonds is 7. The summed E-state index contributed by atoms with van der Waals surface area (Å²) in [4.78, 5) is 45.4. The van der Waals surface area contributed by atoms with Crippen molar-refractivity contribution in [2.24, 2.45) is 5.92 Å². The predicted octanol–water partition coefficient (Wildman–Crippen LogP) is 1.91. The SMILES string of the molecule is CC(=O)N[C@@H](CSC(=O)O[C@H](C)OC(=O)C1CCCCC1)C(=O)O. The van der Waals surface area contributed by atoms with Crippen molar-refractivity contribution in [1.29, 1.82) is 0 Å². The standard InChI is InChI=1S/C15H23NO7S/c1-9(17)16-12(13(18)19)8-24-15(21)23-10(2)22-14(20)11-6-4-3-5-7-11/h10-12H,3-8H2,1-2H3,(H,16,17)(H,18,19)/t10-,12+/m1/s1. The normalized spacial score (nSPS) is 17.4. The summed E-state index contributed by atoms with van der Waals surface area (Å²) in [6, 6.07) is -1.19. The molecule has 0 aliphatic heterocycles. The van der Waals surface area contributed by atoms with Crippen molar-refractivity contribution < 1.29 is 33.8 Å². The number of carboxylic acid groups (broad SMARTS) is 1. The molecule has 2 N–H and O–H groups in total. The molecule has 1 fully saturated rings. The van der Waals surface area contributed by atoms with E-state index in [1.807, 2.05) is 0 Å². The van der Waals surface area contributed by atoms with E-state index in [2.05, 4.69) is 5.32 Å². The molecule has 9 heteroatoms. The number of ether oxygens (including phenoxy) is 2. The third-order valence-electron chi connectivity index (χ3n) is 3.53. The lowest BCUT2D eigenvalue weighted by molar-refractivity contribution is -0.169. The van der Waals surface area contributed by atoms with E-state index in [1.165, 1.54) is 13.8 Å². The first kappa shape index (κ1) is 20.3. The van der Waals surface area contributed by atoms with Crippen LogP contribution in [0.25, 0.3) is 0 Å². The summed E-state index contributed by atoms with van der Waals surface area (Å²) < 4.78 is 10.0. The minimum absolute atomic E-state index is 0.149. The molecule has 136 valence electrons. The van der Waals surface area contributed by atoms with Crippen LogP contribution in [0.1, 0.15) is 46.0 Å². The largest absolute Gasteiger partial charge is 0.480 e. The van der Waals surface area contributed by atoms with Gasteiger partial charge in [-0.1, -0.05) is 19.3 Å². The monoisotopic (exact) mass is 361 g/mol. The molecular weight excluding hydrogens is 338 g/mol. The van der Waals surface area contributed by atoms with Crippen LogP contribution in [0.15, 0.2) is 0 Å². The number of thioether (sulfide) groups is 1. The summed E-state index contributed by atoms with van der Waals surface area (Å²) in [6.07, 6.45) is 3.62. The smallest absolute Gasteiger partial charge is 0.370 e. The minimum atomic E-state index is -1.25. The van der Waals surface area contributed by atoms with E-state index in [0.29, 0.717) is 11.8 Å². The van der Waals surface area contributed by atoms with Crippen LogP contribution in [-0.2, 0) is 23.9 Å². The zero-order valence-electron chi connectivity index (χ0n) is 13.8. The number of aliphatic carboxylic acids is 1. The Morgan fingerprint density at radius 2 is 1.79 bits per heavy atom. The maximum Gasteiger partial charge on any atom is 0.370 e. The maximum atomic E-state index is 11.9. The minimum Gasteiger partial charge on any atom is -0.480 e. The van der Waals surface area contributed by atoms with Gasteiger partial charge in [-0.25, -0.2) is 9.59 Å². The van der Waals surface area contributed by atoms with Crippen molar-refractivity contribution in [3.63, 3.8) is 0 Å². The number of carbonyl (C=O) groups excluding carboxylic acids is 3. The molecule has 1 saturated carbocycles. The summed E-state index contributed by atoms with van der Waals surface area (Å²) in [5.74, 6) is -2.46. The molecule has 0 unspecified atom stereocenters. The molecule has 8 nitrogen and oxygen atoms in total. The number of hydrogen-bond acceptors (Lipinski definition) is 7. The van der Waals surface area contributed by atoms with Crippen LogP contribution in [0.2, 0.25) is 0 Å². The van der Waals surface area contributed by atoms with Crippen LogP contribution >= 0.6 is 11.8 Å². The van der Waals surface area contributed by atoms with E-state index in [4.69, 9.17) is 14.6 Å². The fourth-order valence-electron chi connectivity index (χ4n) is 2.36. The van der Waals surface area contributed by atoms with Gasteiger partial charge in [-0.3, -0.25) is 9.59 Å². The Hall–Kier alpha value is -1.77. The molecule has 0 aromatic heterocycles. The Morgan fingerprint density at radius 1 is 1.17 bits per heavy atom. The summed E-state index contributed by atoms with van der Waals surface area (Å²) >= 11 is 0.598. The van der Waals surface area contributed by atoms with Crippen molar-refractivity contribution in [2.45, 2.75) is 58.3 Å². The van der Waals surface area contributed by atoms with Gasteiger partial charge in [-0.05, 0) is 24.6 Å². The van der Waals surface area contributed by atoms with Gasteiger partial charge in [0.15, 0.2) is 0 Å². The highest BCUT2D eigenvalue weighted by molar-refractivity contribution is 8.13. The first-order valence-electron chi connectivity index (χ1n) is 7.83. The molecule has 2 atom stereocenters. The number of hydrogen-bond donors (Lipinski definition) is 2. The number of amides is 1. The Morgan fingerprint density at radius 3 is 2.33 bits per heavy atom. The predicted molar refractivity (Wildman–Crippen MR) is 86.3 cm³/mol. The third-order valence-corrected chi connectivity index (χ3v) is 4.36. The maximum absolute atomic E-state index is 11.9. The number of nitrogens with one attached hydrogen (secondary N) is 1. The Kier molecular flexibility index (Phi) is 8.59. The molecule has 0 spiro atoms. The van der Waals surface area contributed by atoms with Gasteiger partial charge >= 0.3 is 17.2 Å². The lowest BCUT2D eigenvalue weighted by atomic mass is 9.89. The van der Waals surface area contributed by atoms with Gasteiger partial charge in [0.05, 0.1) is 5.92 Å². The fraction of sp³-hybridized carbons (Fsp3) is 0.733. The van der Waals surface area contributed by atoms with Crippen molar-refractivity contribution in [2.75, 3.05) is 5.75 Å². The van der Waals surface area contributed by atoms with E-state index in [-0.39, 0.29) is 17.6 Å². The average Bonchev–Trinajstić information content (AvgIpc) is 2.51. The van der Waals surface area contributed by atoms with Crippen LogP contribution in [0.4, 0.5) is 4.79 Å². The van der Waals surface area contributed by atoms with Gasteiger partial charge in [0, 0.05) is 19.6 Å². The van der Waals surface area contributed by atoms with Gasteiger partial charge < -0.3 is 19.9 Å². The second kappa shape index (κ2) is 10.2. The van der Waals surface area contributed by atoms with Gasteiger partial charge in [0.2, 0.25) is 12.2 Å². The van der Waals surface area contributed by atoms with Gasteiger partial charge in [0.25, 0.3) is 0 Å². The van der Waals surface area contributed by atoms with Crippen molar-refractivity contribution in [1.82, 2.24) is 5.32 Å².